The number of rotatable bonds is 4. The standard InChI is InChI=1S/C17H21N3O4/c21-15-9-12(10-19(15)11-13-5-1-3-7-18-13)16(22)20-8-4-2-6-14(20)17(23)24/h1,3,5,7,12,14H,2,4,6,8-11H2,(H,23,24)/t12-,14-/m1/s1. The van der Waals surface area contributed by atoms with E-state index < -0.39 is 17.9 Å². The largest absolute Gasteiger partial charge is 0.480 e. The number of piperidine rings is 1. The van der Waals surface area contributed by atoms with Gasteiger partial charge in [-0.3, -0.25) is 14.6 Å². The van der Waals surface area contributed by atoms with E-state index in [-0.39, 0.29) is 18.2 Å². The van der Waals surface area contributed by atoms with Gasteiger partial charge in [-0.25, -0.2) is 4.79 Å². The van der Waals surface area contributed by atoms with E-state index in [0.29, 0.717) is 26.1 Å². The van der Waals surface area contributed by atoms with Gasteiger partial charge < -0.3 is 14.9 Å². The zero-order valence-electron chi connectivity index (χ0n) is 13.4. The molecule has 2 fully saturated rings. The quantitative estimate of drug-likeness (QED) is 0.885. The van der Waals surface area contributed by atoms with Crippen LogP contribution < -0.4 is 0 Å². The number of carboxylic acid groups (broad SMARTS) is 1. The molecule has 1 aromatic heterocycles. The first-order chi connectivity index (χ1) is 11.6. The van der Waals surface area contributed by atoms with Crippen molar-refractivity contribution in [3.8, 4) is 0 Å². The molecule has 2 aliphatic heterocycles. The number of pyridine rings is 1. The van der Waals surface area contributed by atoms with Crippen LogP contribution >= 0.6 is 0 Å². The summed E-state index contributed by atoms with van der Waals surface area (Å²) >= 11 is 0. The minimum atomic E-state index is -0.960. The second kappa shape index (κ2) is 6.98. The second-order valence-electron chi connectivity index (χ2n) is 6.38. The van der Waals surface area contributed by atoms with Gasteiger partial charge in [0.05, 0.1) is 18.2 Å². The number of carbonyl (C=O) groups excluding carboxylic acids is 2. The van der Waals surface area contributed by atoms with Crippen LogP contribution in [0.4, 0.5) is 0 Å². The van der Waals surface area contributed by atoms with Crippen LogP contribution in [0.5, 0.6) is 0 Å². The summed E-state index contributed by atoms with van der Waals surface area (Å²) in [7, 11) is 0. The third-order valence-corrected chi connectivity index (χ3v) is 4.71. The van der Waals surface area contributed by atoms with Gasteiger partial charge in [-0.05, 0) is 31.4 Å². The molecule has 24 heavy (non-hydrogen) atoms. The molecule has 0 unspecified atom stereocenters. The molecule has 1 N–H and O–H groups in total. The Balaban J connectivity index is 1.66. The number of carbonyl (C=O) groups is 3. The van der Waals surface area contributed by atoms with Crippen LogP contribution in [0.25, 0.3) is 0 Å². The number of carboxylic acids is 1. The maximum absolute atomic E-state index is 12.7. The molecule has 2 saturated heterocycles. The lowest BCUT2D eigenvalue weighted by atomic mass is 9.98. The molecule has 3 heterocycles. The molecular weight excluding hydrogens is 310 g/mol. The molecule has 0 spiro atoms. The zero-order valence-corrected chi connectivity index (χ0v) is 13.4. The monoisotopic (exact) mass is 331 g/mol. The van der Waals surface area contributed by atoms with Crippen LogP contribution in [-0.4, -0.2) is 56.8 Å². The van der Waals surface area contributed by atoms with Crippen molar-refractivity contribution in [3.05, 3.63) is 30.1 Å². The molecule has 128 valence electrons. The van der Waals surface area contributed by atoms with Crippen molar-refractivity contribution in [2.75, 3.05) is 13.1 Å². The van der Waals surface area contributed by atoms with Gasteiger partial charge in [0.25, 0.3) is 0 Å². The van der Waals surface area contributed by atoms with Crippen LogP contribution in [0.1, 0.15) is 31.4 Å². The van der Waals surface area contributed by atoms with E-state index >= 15 is 0 Å². The highest BCUT2D eigenvalue weighted by Gasteiger charge is 2.40. The smallest absolute Gasteiger partial charge is 0.326 e. The molecule has 0 saturated carbocycles. The summed E-state index contributed by atoms with van der Waals surface area (Å²) in [6.07, 6.45) is 3.93. The molecule has 0 radical (unpaired) electrons. The molecule has 7 heteroatoms. The Bertz CT molecular complexity index is 634. The highest BCUT2D eigenvalue weighted by atomic mass is 16.4. The lowest BCUT2D eigenvalue weighted by Crippen LogP contribution is -2.50. The van der Waals surface area contributed by atoms with E-state index in [4.69, 9.17) is 0 Å². The topological polar surface area (TPSA) is 90.8 Å². The van der Waals surface area contributed by atoms with Gasteiger partial charge >= 0.3 is 5.97 Å². The van der Waals surface area contributed by atoms with Gasteiger partial charge in [0.15, 0.2) is 0 Å². The van der Waals surface area contributed by atoms with Crippen LogP contribution in [0.3, 0.4) is 0 Å². The Kier molecular flexibility index (Phi) is 4.78. The summed E-state index contributed by atoms with van der Waals surface area (Å²) in [5, 5.41) is 9.32. The Morgan fingerprint density at radius 2 is 2.12 bits per heavy atom. The van der Waals surface area contributed by atoms with E-state index in [0.717, 1.165) is 18.5 Å². The summed E-state index contributed by atoms with van der Waals surface area (Å²) in [5.41, 5.74) is 0.778. The maximum atomic E-state index is 12.7. The minimum Gasteiger partial charge on any atom is -0.480 e. The number of hydrogen-bond acceptors (Lipinski definition) is 4. The summed E-state index contributed by atoms with van der Waals surface area (Å²) in [6.45, 7) is 1.17. The zero-order chi connectivity index (χ0) is 17.1. The number of aromatic nitrogens is 1. The SMILES string of the molecule is O=C(O)[C@H]1CCCCN1C(=O)[C@@H]1CC(=O)N(Cc2ccccn2)C1. The van der Waals surface area contributed by atoms with Crippen molar-refractivity contribution in [2.45, 2.75) is 38.3 Å². The van der Waals surface area contributed by atoms with Crippen LogP contribution in [0.15, 0.2) is 24.4 Å². The van der Waals surface area contributed by atoms with E-state index in [9.17, 15) is 19.5 Å². The Morgan fingerprint density at radius 1 is 1.29 bits per heavy atom. The first-order valence-electron chi connectivity index (χ1n) is 8.27. The molecule has 0 aromatic carbocycles. The molecule has 2 aliphatic rings. The number of nitrogens with zero attached hydrogens (tertiary/aromatic N) is 3. The average Bonchev–Trinajstić information content (AvgIpc) is 2.96. The van der Waals surface area contributed by atoms with Crippen molar-refractivity contribution in [3.63, 3.8) is 0 Å². The van der Waals surface area contributed by atoms with Gasteiger partial charge in [-0.2, -0.15) is 0 Å². The van der Waals surface area contributed by atoms with Crippen molar-refractivity contribution in [1.82, 2.24) is 14.8 Å². The number of likely N-dealkylation sites (tertiary alicyclic amines) is 2. The Morgan fingerprint density at radius 3 is 2.83 bits per heavy atom. The van der Waals surface area contributed by atoms with Crippen molar-refractivity contribution in [1.29, 1.82) is 0 Å². The molecule has 7 nitrogen and oxygen atoms in total. The number of aliphatic carboxylic acids is 1. The summed E-state index contributed by atoms with van der Waals surface area (Å²) in [4.78, 5) is 43.6. The van der Waals surface area contributed by atoms with Crippen molar-refractivity contribution >= 4 is 17.8 Å². The van der Waals surface area contributed by atoms with Gasteiger partial charge in [0.1, 0.15) is 6.04 Å². The van der Waals surface area contributed by atoms with Crippen LogP contribution in [-0.2, 0) is 20.9 Å². The molecular formula is C17H21N3O4. The molecule has 2 amide bonds. The van der Waals surface area contributed by atoms with Gasteiger partial charge in [-0.15, -0.1) is 0 Å². The van der Waals surface area contributed by atoms with Crippen LogP contribution in [0, 0.1) is 5.92 Å². The fourth-order valence-electron chi connectivity index (χ4n) is 3.46. The number of hydrogen-bond donors (Lipinski definition) is 1. The summed E-state index contributed by atoms with van der Waals surface area (Å²) < 4.78 is 0. The lowest BCUT2D eigenvalue weighted by Gasteiger charge is -2.34. The second-order valence-corrected chi connectivity index (χ2v) is 6.38. The van der Waals surface area contributed by atoms with Gasteiger partial charge in [-0.1, -0.05) is 6.07 Å². The van der Waals surface area contributed by atoms with Gasteiger partial charge in [0.2, 0.25) is 11.8 Å². The van der Waals surface area contributed by atoms with E-state index in [1.165, 1.54) is 4.90 Å². The molecule has 3 rings (SSSR count). The molecule has 0 bridgehead atoms. The summed E-state index contributed by atoms with van der Waals surface area (Å²) in [6, 6.07) is 4.75. The maximum Gasteiger partial charge on any atom is 0.326 e. The fraction of sp³-hybridized carbons (Fsp3) is 0.529. The Hall–Kier alpha value is -2.44. The summed E-state index contributed by atoms with van der Waals surface area (Å²) in [5.74, 6) is -1.71. The van der Waals surface area contributed by atoms with Crippen molar-refractivity contribution in [2.24, 2.45) is 5.92 Å². The first kappa shape index (κ1) is 16.4. The predicted molar refractivity (Wildman–Crippen MR) is 84.7 cm³/mol. The third-order valence-electron chi connectivity index (χ3n) is 4.71. The third kappa shape index (κ3) is 3.39. The average molecular weight is 331 g/mol. The first-order valence-corrected chi connectivity index (χ1v) is 8.27. The fourth-order valence-corrected chi connectivity index (χ4v) is 3.46. The van der Waals surface area contributed by atoms with E-state index in [1.54, 1.807) is 11.1 Å². The van der Waals surface area contributed by atoms with Gasteiger partial charge in [0, 0.05) is 25.7 Å². The van der Waals surface area contributed by atoms with Crippen molar-refractivity contribution < 1.29 is 19.5 Å². The normalized spacial score (nSPS) is 24.2. The van der Waals surface area contributed by atoms with E-state index in [2.05, 4.69) is 4.98 Å². The molecule has 0 aliphatic carbocycles. The lowest BCUT2D eigenvalue weighted by molar-refractivity contribution is -0.153. The van der Waals surface area contributed by atoms with Crippen LogP contribution in [0.2, 0.25) is 0 Å². The Labute approximate surface area is 140 Å². The highest BCUT2D eigenvalue weighted by Crippen LogP contribution is 2.26. The molecule has 2 atom stereocenters. The predicted octanol–water partition coefficient (Wildman–Crippen LogP) is 0.896. The minimum absolute atomic E-state index is 0.0807. The highest BCUT2D eigenvalue weighted by molar-refractivity contribution is 5.91. The van der Waals surface area contributed by atoms with E-state index in [1.807, 2.05) is 18.2 Å². The molecule has 1 aromatic rings. The number of amides is 2.